The van der Waals surface area contributed by atoms with Crippen LogP contribution in [0, 0.1) is 11.6 Å². The van der Waals surface area contributed by atoms with Gasteiger partial charge in [0, 0.05) is 25.2 Å². The molecule has 4 rings (SSSR count). The van der Waals surface area contributed by atoms with Gasteiger partial charge >= 0.3 is 0 Å². The average molecular weight is 523 g/mol. The number of benzene rings is 3. The number of ether oxygens (including phenoxy) is 1. The number of para-hydroxylation sites is 1. The van der Waals surface area contributed by atoms with Gasteiger partial charge in [-0.15, -0.1) is 0 Å². The summed E-state index contributed by atoms with van der Waals surface area (Å²) in [6.45, 7) is 6.28. The lowest BCUT2D eigenvalue weighted by molar-refractivity contribution is 0.0526. The minimum absolute atomic E-state index is 0.0544. The Bertz CT molecular complexity index is 1270. The fourth-order valence-corrected chi connectivity index (χ4v) is 4.89. The van der Waals surface area contributed by atoms with E-state index in [4.69, 9.17) is 10.5 Å². The van der Waals surface area contributed by atoms with Crippen molar-refractivity contribution in [3.63, 3.8) is 0 Å². The molecule has 3 N–H and O–H groups in total. The summed E-state index contributed by atoms with van der Waals surface area (Å²) in [4.78, 5) is 15.6. The number of rotatable bonds is 9. The van der Waals surface area contributed by atoms with Gasteiger partial charge in [-0.3, -0.25) is 4.79 Å². The first-order valence-electron chi connectivity index (χ1n) is 13.1. The lowest BCUT2D eigenvalue weighted by atomic mass is 9.92. The van der Waals surface area contributed by atoms with Gasteiger partial charge in [0.05, 0.1) is 11.7 Å². The van der Waals surface area contributed by atoms with E-state index >= 15 is 0 Å². The van der Waals surface area contributed by atoms with Gasteiger partial charge < -0.3 is 20.5 Å². The maximum Gasteiger partial charge on any atom is 0.258 e. The molecule has 0 radical (unpaired) electrons. The van der Waals surface area contributed by atoms with Crippen molar-refractivity contribution >= 4 is 5.91 Å². The molecule has 0 fully saturated rings. The van der Waals surface area contributed by atoms with E-state index < -0.39 is 29.4 Å². The highest BCUT2D eigenvalue weighted by molar-refractivity contribution is 5.97. The summed E-state index contributed by atoms with van der Waals surface area (Å²) in [5.74, 6) is -1.10. The number of carbonyl (C=O) groups is 1. The highest BCUT2D eigenvalue weighted by Crippen LogP contribution is 2.36. The molecule has 5 nitrogen and oxygen atoms in total. The zero-order valence-electron chi connectivity index (χ0n) is 22.2. The highest BCUT2D eigenvalue weighted by atomic mass is 19.1. The SMILES string of the molecule is CCc1cccc(CN(CC(O)C(N)Cc2cc(F)cc(F)c2)C(=O)c2cccc3c2OC(C)(C)CC3)c1. The Kier molecular flexibility index (Phi) is 8.48. The van der Waals surface area contributed by atoms with Crippen molar-refractivity contribution in [2.45, 2.75) is 70.7 Å². The van der Waals surface area contributed by atoms with Crippen LogP contribution in [0.5, 0.6) is 5.75 Å². The van der Waals surface area contributed by atoms with Gasteiger partial charge in [-0.1, -0.05) is 43.3 Å². The van der Waals surface area contributed by atoms with Crippen LogP contribution in [-0.2, 0) is 25.8 Å². The van der Waals surface area contributed by atoms with E-state index in [9.17, 15) is 18.7 Å². The number of amides is 1. The van der Waals surface area contributed by atoms with E-state index in [1.807, 2.05) is 50.2 Å². The number of hydrogen-bond donors (Lipinski definition) is 2. The van der Waals surface area contributed by atoms with Gasteiger partial charge in [0.25, 0.3) is 5.91 Å². The second kappa shape index (κ2) is 11.6. The van der Waals surface area contributed by atoms with E-state index in [0.717, 1.165) is 42.0 Å². The van der Waals surface area contributed by atoms with Crippen LogP contribution in [0.3, 0.4) is 0 Å². The molecular formula is C31H36F2N2O3. The summed E-state index contributed by atoms with van der Waals surface area (Å²) >= 11 is 0. The summed E-state index contributed by atoms with van der Waals surface area (Å²) in [6, 6.07) is 15.9. The Morgan fingerprint density at radius 1 is 1.05 bits per heavy atom. The molecule has 0 saturated heterocycles. The third-order valence-corrected chi connectivity index (χ3v) is 7.06. The maximum absolute atomic E-state index is 14.0. The topological polar surface area (TPSA) is 75.8 Å². The zero-order chi connectivity index (χ0) is 27.4. The van der Waals surface area contributed by atoms with Gasteiger partial charge in [0.15, 0.2) is 0 Å². The van der Waals surface area contributed by atoms with Crippen molar-refractivity contribution < 1.29 is 23.4 Å². The molecule has 3 aromatic carbocycles. The Balaban J connectivity index is 1.61. The summed E-state index contributed by atoms with van der Waals surface area (Å²) < 4.78 is 33.6. The number of nitrogens with two attached hydrogens (primary N) is 1. The zero-order valence-corrected chi connectivity index (χ0v) is 22.2. The third-order valence-electron chi connectivity index (χ3n) is 7.06. The second-order valence-electron chi connectivity index (χ2n) is 10.7. The Labute approximate surface area is 223 Å². The summed E-state index contributed by atoms with van der Waals surface area (Å²) in [5, 5.41) is 11.0. The smallest absolute Gasteiger partial charge is 0.258 e. The predicted octanol–water partition coefficient (Wildman–Crippen LogP) is 5.20. The van der Waals surface area contributed by atoms with E-state index in [-0.39, 0.29) is 25.4 Å². The van der Waals surface area contributed by atoms with Crippen LogP contribution in [0.1, 0.15) is 59.8 Å². The van der Waals surface area contributed by atoms with Crippen LogP contribution in [0.25, 0.3) is 0 Å². The van der Waals surface area contributed by atoms with E-state index in [2.05, 4.69) is 6.92 Å². The largest absolute Gasteiger partial charge is 0.487 e. The number of aliphatic hydroxyl groups excluding tert-OH is 1. The molecule has 0 saturated carbocycles. The Morgan fingerprint density at radius 2 is 1.74 bits per heavy atom. The van der Waals surface area contributed by atoms with Gasteiger partial charge in [-0.05, 0) is 80.0 Å². The molecule has 0 spiro atoms. The lowest BCUT2D eigenvalue weighted by Gasteiger charge is -2.35. The van der Waals surface area contributed by atoms with Crippen molar-refractivity contribution in [2.75, 3.05) is 6.54 Å². The molecule has 38 heavy (non-hydrogen) atoms. The molecule has 1 aliphatic rings. The van der Waals surface area contributed by atoms with Crippen LogP contribution in [0.2, 0.25) is 0 Å². The molecule has 0 aliphatic carbocycles. The summed E-state index contributed by atoms with van der Waals surface area (Å²) in [5.41, 5.74) is 9.70. The second-order valence-corrected chi connectivity index (χ2v) is 10.7. The van der Waals surface area contributed by atoms with E-state index in [0.29, 0.717) is 16.9 Å². The number of hydrogen-bond acceptors (Lipinski definition) is 4. The Morgan fingerprint density at radius 3 is 2.45 bits per heavy atom. The van der Waals surface area contributed by atoms with Crippen molar-refractivity contribution in [1.29, 1.82) is 0 Å². The summed E-state index contributed by atoms with van der Waals surface area (Å²) in [6.07, 6.45) is 1.44. The van der Waals surface area contributed by atoms with Gasteiger partial charge in [-0.25, -0.2) is 8.78 Å². The molecular weight excluding hydrogens is 486 g/mol. The number of carbonyl (C=O) groups excluding carboxylic acids is 1. The number of nitrogens with zero attached hydrogens (tertiary/aromatic N) is 1. The monoisotopic (exact) mass is 522 g/mol. The number of aliphatic hydroxyl groups is 1. The van der Waals surface area contributed by atoms with Crippen LogP contribution in [0.4, 0.5) is 8.78 Å². The molecule has 202 valence electrons. The third kappa shape index (κ3) is 6.77. The molecule has 1 amide bonds. The molecule has 2 atom stereocenters. The molecule has 7 heteroatoms. The fraction of sp³-hybridized carbons (Fsp3) is 0.387. The highest BCUT2D eigenvalue weighted by Gasteiger charge is 2.32. The van der Waals surface area contributed by atoms with E-state index in [1.54, 1.807) is 11.0 Å². The number of fused-ring (bicyclic) bond motifs is 1. The van der Waals surface area contributed by atoms with Crippen LogP contribution < -0.4 is 10.5 Å². The normalized spacial score (nSPS) is 15.8. The van der Waals surface area contributed by atoms with Crippen LogP contribution >= 0.6 is 0 Å². The van der Waals surface area contributed by atoms with Gasteiger partial charge in [0.2, 0.25) is 0 Å². The minimum Gasteiger partial charge on any atom is -0.487 e. The van der Waals surface area contributed by atoms with Gasteiger partial charge in [-0.2, -0.15) is 0 Å². The van der Waals surface area contributed by atoms with Crippen LogP contribution in [-0.4, -0.2) is 40.2 Å². The molecule has 3 aromatic rings. The van der Waals surface area contributed by atoms with Crippen LogP contribution in [0.15, 0.2) is 60.7 Å². The Hall–Kier alpha value is -3.29. The number of halogens is 2. The first kappa shape index (κ1) is 27.7. The maximum atomic E-state index is 14.0. The average Bonchev–Trinajstić information content (AvgIpc) is 2.86. The first-order chi connectivity index (χ1) is 18.0. The molecule has 0 aromatic heterocycles. The summed E-state index contributed by atoms with van der Waals surface area (Å²) in [7, 11) is 0. The van der Waals surface area contributed by atoms with Crippen molar-refractivity contribution in [2.24, 2.45) is 5.73 Å². The number of aryl methyl sites for hydroxylation is 2. The molecule has 2 unspecified atom stereocenters. The molecule has 1 heterocycles. The molecule has 0 bridgehead atoms. The quantitative estimate of drug-likeness (QED) is 0.405. The minimum atomic E-state index is -1.13. The van der Waals surface area contributed by atoms with Gasteiger partial charge in [0.1, 0.15) is 23.0 Å². The van der Waals surface area contributed by atoms with E-state index in [1.165, 1.54) is 12.1 Å². The standard InChI is InChI=1S/C31H36F2N2O3/c1-4-20-7-5-8-21(13-20)18-35(19-28(36)27(34)16-22-14-24(32)17-25(33)15-22)30(37)26-10-6-9-23-11-12-31(2,3)38-29(23)26/h5-10,13-15,17,27-28,36H,4,11-12,16,18-19,34H2,1-3H3. The van der Waals surface area contributed by atoms with Crippen molar-refractivity contribution in [1.82, 2.24) is 4.90 Å². The predicted molar refractivity (Wildman–Crippen MR) is 144 cm³/mol. The first-order valence-corrected chi connectivity index (χ1v) is 13.1. The lowest BCUT2D eigenvalue weighted by Crippen LogP contribution is -2.46. The van der Waals surface area contributed by atoms with Crippen molar-refractivity contribution in [3.05, 3.63) is 100 Å². The fourth-order valence-electron chi connectivity index (χ4n) is 4.89. The van der Waals surface area contributed by atoms with Crippen molar-refractivity contribution in [3.8, 4) is 5.75 Å². The molecule has 1 aliphatic heterocycles.